The summed E-state index contributed by atoms with van der Waals surface area (Å²) in [7, 11) is 1.64. The van der Waals surface area contributed by atoms with Gasteiger partial charge in [-0.15, -0.1) is 0 Å². The summed E-state index contributed by atoms with van der Waals surface area (Å²) in [5.41, 5.74) is 0.757. The molecule has 4 nitrogen and oxygen atoms in total. The fourth-order valence-corrected chi connectivity index (χ4v) is 1.30. The van der Waals surface area contributed by atoms with Crippen LogP contribution in [0.2, 0.25) is 0 Å². The summed E-state index contributed by atoms with van der Waals surface area (Å²) >= 11 is 0. The molecular weight excluding hydrogens is 220 g/mol. The van der Waals surface area contributed by atoms with Crippen LogP contribution in [0.25, 0.3) is 6.08 Å². The Kier molecular flexibility index (Phi) is 5.82. The molecule has 0 amide bonds. The lowest BCUT2D eigenvalue weighted by molar-refractivity contribution is -0.131. The summed E-state index contributed by atoms with van der Waals surface area (Å²) < 4.78 is 10.5. The molecule has 1 aromatic rings. The summed E-state index contributed by atoms with van der Waals surface area (Å²) in [5, 5.41) is 8.57. The van der Waals surface area contributed by atoms with Gasteiger partial charge in [0.2, 0.25) is 0 Å². The summed E-state index contributed by atoms with van der Waals surface area (Å²) in [4.78, 5) is 10.4. The number of benzene rings is 1. The molecule has 0 saturated heterocycles. The van der Waals surface area contributed by atoms with Gasteiger partial charge in [-0.1, -0.05) is 18.2 Å². The molecule has 0 aliphatic heterocycles. The molecule has 0 spiro atoms. The van der Waals surface area contributed by atoms with Crippen molar-refractivity contribution in [1.29, 1.82) is 0 Å². The van der Waals surface area contributed by atoms with Gasteiger partial charge in [0, 0.05) is 31.8 Å². The van der Waals surface area contributed by atoms with Crippen LogP contribution in [0.4, 0.5) is 0 Å². The molecule has 92 valence electrons. The maximum Gasteiger partial charge on any atom is 0.328 e. The second kappa shape index (κ2) is 7.46. The minimum absolute atomic E-state index is 0.547. The molecule has 0 unspecified atom stereocenters. The molecule has 0 fully saturated rings. The van der Waals surface area contributed by atoms with Crippen LogP contribution in [-0.4, -0.2) is 31.4 Å². The molecule has 1 rings (SSSR count). The smallest absolute Gasteiger partial charge is 0.328 e. The zero-order chi connectivity index (χ0) is 12.5. The minimum Gasteiger partial charge on any atom is -0.493 e. The summed E-state index contributed by atoms with van der Waals surface area (Å²) in [6.07, 6.45) is 3.42. The minimum atomic E-state index is -0.973. The summed E-state index contributed by atoms with van der Waals surface area (Å²) in [6, 6.07) is 7.31. The first-order valence-corrected chi connectivity index (χ1v) is 5.36. The normalized spacial score (nSPS) is 10.6. The van der Waals surface area contributed by atoms with Crippen LogP contribution in [0.5, 0.6) is 5.75 Å². The van der Waals surface area contributed by atoms with Gasteiger partial charge in [-0.05, 0) is 12.1 Å². The molecule has 1 aromatic carbocycles. The van der Waals surface area contributed by atoms with Crippen LogP contribution in [0.15, 0.2) is 30.3 Å². The van der Waals surface area contributed by atoms with E-state index in [1.807, 2.05) is 24.3 Å². The quantitative estimate of drug-likeness (QED) is 0.582. The predicted octanol–water partition coefficient (Wildman–Crippen LogP) is 2.20. The van der Waals surface area contributed by atoms with Gasteiger partial charge >= 0.3 is 5.97 Å². The number of aliphatic carboxylic acids is 1. The molecule has 4 heteroatoms. The zero-order valence-electron chi connectivity index (χ0n) is 9.76. The van der Waals surface area contributed by atoms with Crippen LogP contribution in [0, 0.1) is 0 Å². The number of ether oxygens (including phenoxy) is 2. The highest BCUT2D eigenvalue weighted by molar-refractivity contribution is 5.85. The maximum atomic E-state index is 10.4. The van der Waals surface area contributed by atoms with Crippen molar-refractivity contribution in [1.82, 2.24) is 0 Å². The van der Waals surface area contributed by atoms with Gasteiger partial charge in [0.25, 0.3) is 0 Å². The van der Waals surface area contributed by atoms with Crippen LogP contribution < -0.4 is 4.74 Å². The molecule has 1 N–H and O–H groups in total. The van der Waals surface area contributed by atoms with E-state index >= 15 is 0 Å². The molecule has 0 aromatic heterocycles. The van der Waals surface area contributed by atoms with E-state index in [1.54, 1.807) is 7.11 Å². The third-order valence-electron chi connectivity index (χ3n) is 2.07. The molecule has 0 aliphatic carbocycles. The van der Waals surface area contributed by atoms with Gasteiger partial charge in [0.05, 0.1) is 6.61 Å². The highest BCUT2D eigenvalue weighted by Crippen LogP contribution is 2.19. The van der Waals surface area contributed by atoms with Crippen molar-refractivity contribution >= 4 is 12.0 Å². The third kappa shape index (κ3) is 5.17. The molecule has 0 aliphatic rings. The molecule has 0 atom stereocenters. The Morgan fingerprint density at radius 3 is 2.82 bits per heavy atom. The second-order valence-corrected chi connectivity index (χ2v) is 3.40. The van der Waals surface area contributed by atoms with E-state index < -0.39 is 5.97 Å². The summed E-state index contributed by atoms with van der Waals surface area (Å²) in [5.74, 6) is -0.291. The second-order valence-electron chi connectivity index (χ2n) is 3.40. The Bertz CT molecular complexity index is 385. The SMILES string of the molecule is COCCCOc1ccccc1/C=C/C(=O)O. The number of methoxy groups -OCH3 is 1. The number of para-hydroxylation sites is 1. The summed E-state index contributed by atoms with van der Waals surface area (Å²) in [6.45, 7) is 1.19. The Morgan fingerprint density at radius 2 is 2.12 bits per heavy atom. The number of carbonyl (C=O) groups is 1. The third-order valence-corrected chi connectivity index (χ3v) is 2.07. The first-order chi connectivity index (χ1) is 8.24. The van der Waals surface area contributed by atoms with Crippen LogP contribution in [0.1, 0.15) is 12.0 Å². The topological polar surface area (TPSA) is 55.8 Å². The fraction of sp³-hybridized carbons (Fsp3) is 0.308. The van der Waals surface area contributed by atoms with Gasteiger partial charge < -0.3 is 14.6 Å². The molecular formula is C13H16O4. The van der Waals surface area contributed by atoms with Gasteiger partial charge in [-0.3, -0.25) is 0 Å². The van der Waals surface area contributed by atoms with E-state index in [0.29, 0.717) is 19.0 Å². The van der Waals surface area contributed by atoms with Gasteiger partial charge in [0.15, 0.2) is 0 Å². The monoisotopic (exact) mass is 236 g/mol. The highest BCUT2D eigenvalue weighted by atomic mass is 16.5. The van der Waals surface area contributed by atoms with Gasteiger partial charge in [-0.25, -0.2) is 4.79 Å². The Morgan fingerprint density at radius 1 is 1.35 bits per heavy atom. The molecule has 0 bridgehead atoms. The van der Waals surface area contributed by atoms with Gasteiger partial charge in [-0.2, -0.15) is 0 Å². The van der Waals surface area contributed by atoms with Crippen LogP contribution in [0.3, 0.4) is 0 Å². The lowest BCUT2D eigenvalue weighted by Gasteiger charge is -2.08. The number of carboxylic acids is 1. The lowest BCUT2D eigenvalue weighted by atomic mass is 10.2. The Labute approximate surface area is 100 Å². The van der Waals surface area contributed by atoms with Gasteiger partial charge in [0.1, 0.15) is 5.75 Å². The van der Waals surface area contributed by atoms with E-state index in [4.69, 9.17) is 14.6 Å². The van der Waals surface area contributed by atoms with Crippen molar-refractivity contribution in [2.45, 2.75) is 6.42 Å². The van der Waals surface area contributed by atoms with Crippen molar-refractivity contribution in [3.05, 3.63) is 35.9 Å². The molecule has 0 heterocycles. The number of rotatable bonds is 7. The maximum absolute atomic E-state index is 10.4. The average Bonchev–Trinajstić information content (AvgIpc) is 2.33. The van der Waals surface area contributed by atoms with E-state index in [2.05, 4.69) is 0 Å². The van der Waals surface area contributed by atoms with Crippen molar-refractivity contribution in [2.24, 2.45) is 0 Å². The van der Waals surface area contributed by atoms with Crippen molar-refractivity contribution in [3.63, 3.8) is 0 Å². The molecule has 0 radical (unpaired) electrons. The average molecular weight is 236 g/mol. The molecule has 17 heavy (non-hydrogen) atoms. The first kappa shape index (κ1) is 13.3. The predicted molar refractivity (Wildman–Crippen MR) is 65.1 cm³/mol. The molecule has 0 saturated carbocycles. The van der Waals surface area contributed by atoms with Crippen molar-refractivity contribution in [2.75, 3.05) is 20.3 Å². The Balaban J connectivity index is 2.61. The standard InChI is InChI=1S/C13H16O4/c1-16-9-4-10-17-12-6-3-2-5-11(12)7-8-13(14)15/h2-3,5-8H,4,9-10H2,1H3,(H,14,15)/b8-7+. The number of hydrogen-bond donors (Lipinski definition) is 1. The van der Waals surface area contributed by atoms with E-state index in [0.717, 1.165) is 18.1 Å². The zero-order valence-corrected chi connectivity index (χ0v) is 9.76. The lowest BCUT2D eigenvalue weighted by Crippen LogP contribution is -2.02. The fourth-order valence-electron chi connectivity index (χ4n) is 1.30. The van der Waals surface area contributed by atoms with E-state index in [9.17, 15) is 4.79 Å². The largest absolute Gasteiger partial charge is 0.493 e. The van der Waals surface area contributed by atoms with E-state index in [-0.39, 0.29) is 0 Å². The number of hydrogen-bond acceptors (Lipinski definition) is 3. The Hall–Kier alpha value is -1.81. The van der Waals surface area contributed by atoms with Crippen molar-refractivity contribution < 1.29 is 19.4 Å². The highest BCUT2D eigenvalue weighted by Gasteiger charge is 2.00. The first-order valence-electron chi connectivity index (χ1n) is 5.36. The van der Waals surface area contributed by atoms with Crippen LogP contribution in [-0.2, 0) is 9.53 Å². The van der Waals surface area contributed by atoms with Crippen molar-refractivity contribution in [3.8, 4) is 5.75 Å². The van der Waals surface area contributed by atoms with E-state index in [1.165, 1.54) is 6.08 Å². The number of carboxylic acid groups (broad SMARTS) is 1. The van der Waals surface area contributed by atoms with Crippen LogP contribution >= 0.6 is 0 Å².